The van der Waals surface area contributed by atoms with Gasteiger partial charge in [0.2, 0.25) is 0 Å². The highest BCUT2D eigenvalue weighted by atomic mass is 32.1. The van der Waals surface area contributed by atoms with E-state index in [9.17, 15) is 0 Å². The fourth-order valence-corrected chi connectivity index (χ4v) is 1.64. The van der Waals surface area contributed by atoms with Crippen molar-refractivity contribution < 1.29 is 0 Å². The van der Waals surface area contributed by atoms with Gasteiger partial charge in [-0.05, 0) is 6.07 Å². The SMILES string of the molecule is Cn1nc(CS)c2ccccc21. The molecule has 1 aromatic heterocycles. The van der Waals surface area contributed by atoms with Gasteiger partial charge in [0.15, 0.2) is 0 Å². The number of aromatic nitrogens is 2. The van der Waals surface area contributed by atoms with Gasteiger partial charge in [-0.3, -0.25) is 4.68 Å². The summed E-state index contributed by atoms with van der Waals surface area (Å²) in [4.78, 5) is 0. The molecule has 0 bridgehead atoms. The average Bonchev–Trinajstić information content (AvgIpc) is 2.44. The standard InChI is InChI=1S/C9H10N2S/c1-11-9-5-3-2-4-7(9)8(6-12)10-11/h2-5,12H,6H2,1H3. The second-order valence-electron chi connectivity index (χ2n) is 2.75. The Labute approximate surface area is 76.6 Å². The highest BCUT2D eigenvalue weighted by molar-refractivity contribution is 7.79. The minimum atomic E-state index is 0.696. The van der Waals surface area contributed by atoms with Crippen molar-refractivity contribution in [1.82, 2.24) is 9.78 Å². The summed E-state index contributed by atoms with van der Waals surface area (Å²) in [6, 6.07) is 8.19. The van der Waals surface area contributed by atoms with Crippen LogP contribution < -0.4 is 0 Å². The molecule has 2 nitrogen and oxygen atoms in total. The zero-order chi connectivity index (χ0) is 8.55. The molecule has 12 heavy (non-hydrogen) atoms. The smallest absolute Gasteiger partial charge is 0.0799 e. The number of aryl methyl sites for hydroxylation is 1. The van der Waals surface area contributed by atoms with Crippen molar-refractivity contribution in [3.05, 3.63) is 30.0 Å². The largest absolute Gasteiger partial charge is 0.268 e. The molecule has 1 heterocycles. The normalized spacial score (nSPS) is 10.8. The molecule has 0 atom stereocenters. The molecule has 0 N–H and O–H groups in total. The summed E-state index contributed by atoms with van der Waals surface area (Å²) in [5.74, 6) is 0.696. The zero-order valence-corrected chi connectivity index (χ0v) is 7.75. The van der Waals surface area contributed by atoms with Crippen LogP contribution in [-0.4, -0.2) is 9.78 Å². The zero-order valence-electron chi connectivity index (χ0n) is 6.86. The van der Waals surface area contributed by atoms with Gasteiger partial charge in [0.25, 0.3) is 0 Å². The van der Waals surface area contributed by atoms with Gasteiger partial charge in [-0.15, -0.1) is 0 Å². The van der Waals surface area contributed by atoms with E-state index in [0.717, 1.165) is 5.69 Å². The third-order valence-corrected chi connectivity index (χ3v) is 2.28. The van der Waals surface area contributed by atoms with Crippen LogP contribution in [0.1, 0.15) is 5.69 Å². The van der Waals surface area contributed by atoms with E-state index in [-0.39, 0.29) is 0 Å². The van der Waals surface area contributed by atoms with Crippen molar-refractivity contribution in [1.29, 1.82) is 0 Å². The molecule has 0 aliphatic heterocycles. The number of hydrogen-bond acceptors (Lipinski definition) is 2. The van der Waals surface area contributed by atoms with E-state index in [1.54, 1.807) is 0 Å². The molecule has 0 aliphatic rings. The molecule has 1 aromatic carbocycles. The number of rotatable bonds is 1. The van der Waals surface area contributed by atoms with E-state index in [1.165, 1.54) is 10.9 Å². The van der Waals surface area contributed by atoms with Crippen LogP contribution in [0, 0.1) is 0 Å². The Balaban J connectivity index is 2.82. The van der Waals surface area contributed by atoms with Gasteiger partial charge in [0.05, 0.1) is 11.2 Å². The number of benzene rings is 1. The number of para-hydroxylation sites is 1. The van der Waals surface area contributed by atoms with Crippen LogP contribution >= 0.6 is 12.6 Å². The fourth-order valence-electron chi connectivity index (χ4n) is 1.41. The van der Waals surface area contributed by atoms with Crippen molar-refractivity contribution in [3.63, 3.8) is 0 Å². The Morgan fingerprint density at radius 3 is 2.92 bits per heavy atom. The molecule has 3 heteroatoms. The van der Waals surface area contributed by atoms with E-state index in [0.29, 0.717) is 5.75 Å². The third kappa shape index (κ3) is 1.01. The summed E-state index contributed by atoms with van der Waals surface area (Å²) in [6.45, 7) is 0. The molecule has 0 aliphatic carbocycles. The summed E-state index contributed by atoms with van der Waals surface area (Å²) in [5, 5.41) is 5.55. The maximum atomic E-state index is 4.35. The first kappa shape index (κ1) is 7.68. The summed E-state index contributed by atoms with van der Waals surface area (Å²) in [7, 11) is 1.95. The van der Waals surface area contributed by atoms with Gasteiger partial charge in [0, 0.05) is 18.2 Å². The third-order valence-electron chi connectivity index (χ3n) is 1.98. The van der Waals surface area contributed by atoms with Crippen LogP contribution in [0.3, 0.4) is 0 Å². The van der Waals surface area contributed by atoms with Crippen LogP contribution in [0.5, 0.6) is 0 Å². The fraction of sp³-hybridized carbons (Fsp3) is 0.222. The minimum Gasteiger partial charge on any atom is -0.268 e. The number of fused-ring (bicyclic) bond motifs is 1. The van der Waals surface area contributed by atoms with Gasteiger partial charge in [-0.2, -0.15) is 17.7 Å². The van der Waals surface area contributed by atoms with Crippen LogP contribution in [-0.2, 0) is 12.8 Å². The van der Waals surface area contributed by atoms with Gasteiger partial charge >= 0.3 is 0 Å². The Bertz CT molecular complexity index is 406. The summed E-state index contributed by atoms with van der Waals surface area (Å²) >= 11 is 4.22. The van der Waals surface area contributed by atoms with Crippen molar-refractivity contribution in [2.75, 3.05) is 0 Å². The molecule has 0 radical (unpaired) electrons. The lowest BCUT2D eigenvalue weighted by atomic mass is 10.2. The second kappa shape index (κ2) is 2.83. The Morgan fingerprint density at radius 1 is 1.42 bits per heavy atom. The topological polar surface area (TPSA) is 17.8 Å². The first-order chi connectivity index (χ1) is 5.83. The first-order valence-corrected chi connectivity index (χ1v) is 4.47. The van der Waals surface area contributed by atoms with Gasteiger partial charge in [-0.25, -0.2) is 0 Å². The molecule has 0 saturated heterocycles. The molecule has 0 amide bonds. The monoisotopic (exact) mass is 178 g/mol. The Morgan fingerprint density at radius 2 is 2.17 bits per heavy atom. The predicted molar refractivity (Wildman–Crippen MR) is 53.4 cm³/mol. The van der Waals surface area contributed by atoms with E-state index in [1.807, 2.05) is 23.9 Å². The molecule has 2 rings (SSSR count). The molecule has 0 spiro atoms. The van der Waals surface area contributed by atoms with Crippen LogP contribution in [0.15, 0.2) is 24.3 Å². The van der Waals surface area contributed by atoms with Gasteiger partial charge in [0.1, 0.15) is 0 Å². The predicted octanol–water partition coefficient (Wildman–Crippen LogP) is 2.00. The van der Waals surface area contributed by atoms with Gasteiger partial charge in [-0.1, -0.05) is 18.2 Å². The molecule has 0 unspecified atom stereocenters. The van der Waals surface area contributed by atoms with E-state index >= 15 is 0 Å². The van der Waals surface area contributed by atoms with Crippen molar-refractivity contribution in [2.45, 2.75) is 5.75 Å². The van der Waals surface area contributed by atoms with Crippen molar-refractivity contribution >= 4 is 23.5 Å². The van der Waals surface area contributed by atoms with Crippen molar-refractivity contribution in [3.8, 4) is 0 Å². The lowest BCUT2D eigenvalue weighted by molar-refractivity contribution is 0.781. The summed E-state index contributed by atoms with van der Waals surface area (Å²) in [5.41, 5.74) is 2.22. The van der Waals surface area contributed by atoms with Crippen LogP contribution in [0.2, 0.25) is 0 Å². The number of hydrogen-bond donors (Lipinski definition) is 1. The first-order valence-electron chi connectivity index (χ1n) is 3.84. The number of nitrogens with zero attached hydrogens (tertiary/aromatic N) is 2. The average molecular weight is 178 g/mol. The van der Waals surface area contributed by atoms with Crippen LogP contribution in [0.4, 0.5) is 0 Å². The van der Waals surface area contributed by atoms with E-state index < -0.39 is 0 Å². The highest BCUT2D eigenvalue weighted by Crippen LogP contribution is 2.18. The molecule has 62 valence electrons. The molecular formula is C9H10N2S. The lowest BCUT2D eigenvalue weighted by Crippen LogP contribution is -1.89. The summed E-state index contributed by atoms with van der Waals surface area (Å²) in [6.07, 6.45) is 0. The van der Waals surface area contributed by atoms with Gasteiger partial charge < -0.3 is 0 Å². The highest BCUT2D eigenvalue weighted by Gasteiger charge is 2.04. The van der Waals surface area contributed by atoms with Crippen molar-refractivity contribution in [2.24, 2.45) is 7.05 Å². The maximum absolute atomic E-state index is 4.35. The maximum Gasteiger partial charge on any atom is 0.0799 e. The molecular weight excluding hydrogens is 168 g/mol. The number of thiol groups is 1. The Kier molecular flexibility index (Phi) is 1.81. The second-order valence-corrected chi connectivity index (χ2v) is 3.06. The Hall–Kier alpha value is -0.960. The van der Waals surface area contributed by atoms with E-state index in [4.69, 9.17) is 0 Å². The van der Waals surface area contributed by atoms with Crippen LogP contribution in [0.25, 0.3) is 10.9 Å². The molecule has 0 saturated carbocycles. The minimum absolute atomic E-state index is 0.696. The van der Waals surface area contributed by atoms with E-state index in [2.05, 4.69) is 29.9 Å². The molecule has 2 aromatic rings. The summed E-state index contributed by atoms with van der Waals surface area (Å²) < 4.78 is 1.89. The quantitative estimate of drug-likeness (QED) is 0.661. The lowest BCUT2D eigenvalue weighted by Gasteiger charge is -1.90. The molecule has 0 fully saturated rings.